The van der Waals surface area contributed by atoms with E-state index in [0.29, 0.717) is 14.9 Å². The maximum atomic E-state index is 11.4. The molecule has 4 nitrogen and oxygen atoms in total. The molecule has 1 aromatic rings. The maximum absolute atomic E-state index is 11.4. The number of carbonyl (C=O) groups excluding carboxylic acids is 2. The van der Waals surface area contributed by atoms with Crippen LogP contribution in [-0.4, -0.2) is 17.2 Å². The van der Waals surface area contributed by atoms with E-state index in [4.69, 9.17) is 28.9 Å². The van der Waals surface area contributed by atoms with E-state index in [1.807, 2.05) is 5.32 Å². The van der Waals surface area contributed by atoms with Gasteiger partial charge >= 0.3 is 6.03 Å². The second-order valence-corrected chi connectivity index (χ2v) is 5.41. The molecule has 0 aliphatic rings. The van der Waals surface area contributed by atoms with Crippen molar-refractivity contribution in [3.05, 3.63) is 28.2 Å². The molecule has 0 aliphatic heterocycles. The van der Waals surface area contributed by atoms with Crippen LogP contribution < -0.4 is 11.1 Å². The molecule has 1 aromatic carbocycles. The van der Waals surface area contributed by atoms with Crippen LogP contribution in [0.1, 0.15) is 6.92 Å². The summed E-state index contributed by atoms with van der Waals surface area (Å²) in [6.45, 7) is 1.64. The van der Waals surface area contributed by atoms with E-state index < -0.39 is 17.2 Å². The first-order valence-corrected chi connectivity index (χ1v) is 6.25. The third-order valence-electron chi connectivity index (χ3n) is 1.81. The van der Waals surface area contributed by atoms with Gasteiger partial charge in [0.1, 0.15) is 0 Å². The molecule has 0 fully saturated rings. The number of thioether (sulfide) groups is 1. The van der Waals surface area contributed by atoms with E-state index in [2.05, 4.69) is 0 Å². The van der Waals surface area contributed by atoms with Gasteiger partial charge in [-0.05, 0) is 25.1 Å². The number of rotatable bonds is 3. The largest absolute Gasteiger partial charge is 0.351 e. The van der Waals surface area contributed by atoms with Crippen molar-refractivity contribution in [1.29, 1.82) is 0 Å². The molecule has 0 saturated heterocycles. The Morgan fingerprint density at radius 3 is 2.65 bits per heavy atom. The van der Waals surface area contributed by atoms with Gasteiger partial charge in [-0.2, -0.15) is 0 Å². The number of urea groups is 1. The Labute approximate surface area is 113 Å². The predicted molar refractivity (Wildman–Crippen MR) is 69.5 cm³/mol. The van der Waals surface area contributed by atoms with Crippen LogP contribution in [0.15, 0.2) is 23.1 Å². The fourth-order valence-corrected chi connectivity index (χ4v) is 2.45. The van der Waals surface area contributed by atoms with Crippen molar-refractivity contribution in [3.63, 3.8) is 0 Å². The lowest BCUT2D eigenvalue weighted by Crippen LogP contribution is -2.39. The van der Waals surface area contributed by atoms with Crippen molar-refractivity contribution in [2.45, 2.75) is 17.1 Å². The van der Waals surface area contributed by atoms with Crippen molar-refractivity contribution in [2.75, 3.05) is 0 Å². The van der Waals surface area contributed by atoms with Gasteiger partial charge < -0.3 is 5.73 Å². The Balaban J connectivity index is 2.73. The topological polar surface area (TPSA) is 72.2 Å². The highest BCUT2D eigenvalue weighted by atomic mass is 35.5. The summed E-state index contributed by atoms with van der Waals surface area (Å²) in [5.41, 5.74) is 4.85. The van der Waals surface area contributed by atoms with Crippen molar-refractivity contribution < 1.29 is 9.59 Å². The number of nitrogens with one attached hydrogen (secondary N) is 1. The summed E-state index contributed by atoms with van der Waals surface area (Å²) in [4.78, 5) is 22.6. The molecule has 0 heterocycles. The van der Waals surface area contributed by atoms with Crippen LogP contribution >= 0.6 is 35.0 Å². The van der Waals surface area contributed by atoms with E-state index in [9.17, 15) is 9.59 Å². The van der Waals surface area contributed by atoms with Gasteiger partial charge in [0, 0.05) is 9.92 Å². The molecule has 17 heavy (non-hydrogen) atoms. The van der Waals surface area contributed by atoms with Crippen LogP contribution in [0.3, 0.4) is 0 Å². The first kappa shape index (κ1) is 14.2. The number of benzene rings is 1. The minimum Gasteiger partial charge on any atom is -0.351 e. The SMILES string of the molecule is CC(Sc1cc(Cl)ccc1Cl)C(=O)NC(N)=O. The molecule has 1 unspecified atom stereocenters. The molecule has 0 radical (unpaired) electrons. The number of amides is 3. The lowest BCUT2D eigenvalue weighted by Gasteiger charge is -2.11. The zero-order valence-electron chi connectivity index (χ0n) is 8.87. The minimum absolute atomic E-state index is 0.474. The van der Waals surface area contributed by atoms with Gasteiger partial charge in [-0.1, -0.05) is 23.2 Å². The highest BCUT2D eigenvalue weighted by Crippen LogP contribution is 2.32. The number of hydrogen-bond acceptors (Lipinski definition) is 3. The zero-order chi connectivity index (χ0) is 13.0. The molecule has 0 saturated carbocycles. The Morgan fingerprint density at radius 1 is 1.41 bits per heavy atom. The molecule has 0 spiro atoms. The molecule has 7 heteroatoms. The molecule has 3 amide bonds. The van der Waals surface area contributed by atoms with Crippen molar-refractivity contribution in [2.24, 2.45) is 5.73 Å². The first-order valence-electron chi connectivity index (χ1n) is 4.62. The summed E-state index contributed by atoms with van der Waals surface area (Å²) >= 11 is 13.0. The number of halogens is 2. The number of imide groups is 1. The monoisotopic (exact) mass is 292 g/mol. The zero-order valence-corrected chi connectivity index (χ0v) is 11.2. The quantitative estimate of drug-likeness (QED) is 0.842. The van der Waals surface area contributed by atoms with Crippen LogP contribution in [-0.2, 0) is 4.79 Å². The Morgan fingerprint density at radius 2 is 2.06 bits per heavy atom. The van der Waals surface area contributed by atoms with Crippen LogP contribution in [0.5, 0.6) is 0 Å². The lowest BCUT2D eigenvalue weighted by atomic mass is 10.4. The van der Waals surface area contributed by atoms with Gasteiger partial charge in [0.05, 0.1) is 10.3 Å². The lowest BCUT2D eigenvalue weighted by molar-refractivity contribution is -0.119. The third-order valence-corrected chi connectivity index (χ3v) is 3.65. The smallest absolute Gasteiger partial charge is 0.318 e. The average molecular weight is 293 g/mol. The maximum Gasteiger partial charge on any atom is 0.318 e. The van der Waals surface area contributed by atoms with Crippen molar-refractivity contribution in [1.82, 2.24) is 5.32 Å². The Kier molecular flexibility index (Phi) is 5.11. The molecule has 3 N–H and O–H groups in total. The van der Waals surface area contributed by atoms with Crippen LogP contribution in [0.25, 0.3) is 0 Å². The van der Waals surface area contributed by atoms with Gasteiger partial charge in [0.25, 0.3) is 0 Å². The summed E-state index contributed by atoms with van der Waals surface area (Å²) in [6.07, 6.45) is 0. The second kappa shape index (κ2) is 6.14. The third kappa shape index (κ3) is 4.46. The van der Waals surface area contributed by atoms with Crippen LogP contribution in [0, 0.1) is 0 Å². The van der Waals surface area contributed by atoms with Crippen LogP contribution in [0.4, 0.5) is 4.79 Å². The number of nitrogens with two attached hydrogens (primary N) is 1. The van der Waals surface area contributed by atoms with Gasteiger partial charge in [-0.25, -0.2) is 4.79 Å². The summed E-state index contributed by atoms with van der Waals surface area (Å²) in [5, 5.41) is 2.52. The van der Waals surface area contributed by atoms with E-state index in [1.165, 1.54) is 11.8 Å². The number of carbonyl (C=O) groups is 2. The van der Waals surface area contributed by atoms with Gasteiger partial charge in [0.15, 0.2) is 0 Å². The summed E-state index contributed by atoms with van der Waals surface area (Å²) < 4.78 is 0. The van der Waals surface area contributed by atoms with Gasteiger partial charge in [-0.15, -0.1) is 11.8 Å². The summed E-state index contributed by atoms with van der Waals surface area (Å²) in [7, 11) is 0. The molecule has 0 bridgehead atoms. The molecule has 0 aromatic heterocycles. The molecule has 1 atom stereocenters. The second-order valence-electron chi connectivity index (χ2n) is 3.19. The fraction of sp³-hybridized carbons (Fsp3) is 0.200. The van der Waals surface area contributed by atoms with E-state index in [1.54, 1.807) is 25.1 Å². The van der Waals surface area contributed by atoms with E-state index >= 15 is 0 Å². The Hall–Kier alpha value is -0.910. The molecule has 92 valence electrons. The summed E-state index contributed by atoms with van der Waals surface area (Å²) in [6, 6.07) is 4.08. The molecule has 1 rings (SSSR count). The molecular weight excluding hydrogens is 283 g/mol. The highest BCUT2D eigenvalue weighted by molar-refractivity contribution is 8.00. The fourth-order valence-electron chi connectivity index (χ4n) is 1.03. The normalized spacial score (nSPS) is 11.9. The Bertz CT molecular complexity index is 454. The molecular formula is C10H10Cl2N2O2S. The minimum atomic E-state index is -0.875. The van der Waals surface area contributed by atoms with E-state index in [-0.39, 0.29) is 0 Å². The number of primary amides is 1. The average Bonchev–Trinajstić information content (AvgIpc) is 2.22. The van der Waals surface area contributed by atoms with Gasteiger partial charge in [0.2, 0.25) is 5.91 Å². The standard InChI is InChI=1S/C10H10Cl2N2O2S/c1-5(9(15)14-10(13)16)17-8-4-6(11)2-3-7(8)12/h2-5H,1H3,(H3,13,14,15,16). The first-order chi connectivity index (χ1) is 7.90. The van der Waals surface area contributed by atoms with Crippen molar-refractivity contribution in [3.8, 4) is 0 Å². The van der Waals surface area contributed by atoms with Crippen LogP contribution in [0.2, 0.25) is 10.0 Å². The van der Waals surface area contributed by atoms with Crippen molar-refractivity contribution >= 4 is 46.9 Å². The van der Waals surface area contributed by atoms with E-state index in [0.717, 1.165) is 0 Å². The number of hydrogen-bond donors (Lipinski definition) is 2. The highest BCUT2D eigenvalue weighted by Gasteiger charge is 2.17. The van der Waals surface area contributed by atoms with Gasteiger partial charge in [-0.3, -0.25) is 10.1 Å². The molecule has 0 aliphatic carbocycles. The predicted octanol–water partition coefficient (Wildman–Crippen LogP) is 2.67. The summed E-state index contributed by atoms with van der Waals surface area (Å²) in [5.74, 6) is -0.474.